The summed E-state index contributed by atoms with van der Waals surface area (Å²) in [7, 11) is 0. The molecule has 1 amide bonds. The van der Waals surface area contributed by atoms with E-state index in [1.165, 1.54) is 0 Å². The van der Waals surface area contributed by atoms with Gasteiger partial charge in [-0.15, -0.1) is 11.3 Å². The maximum absolute atomic E-state index is 11.5. The minimum absolute atomic E-state index is 0.0599. The van der Waals surface area contributed by atoms with Crippen molar-refractivity contribution in [1.29, 1.82) is 0 Å². The third kappa shape index (κ3) is 2.70. The van der Waals surface area contributed by atoms with Crippen molar-refractivity contribution >= 4 is 22.4 Å². The second-order valence-corrected chi connectivity index (χ2v) is 4.65. The maximum atomic E-state index is 11.5. The average Bonchev–Trinajstić information content (AvgIpc) is 2.70. The third-order valence-corrected chi connectivity index (χ3v) is 3.25. The highest BCUT2D eigenvalue weighted by atomic mass is 32.1. The molecule has 1 fully saturated rings. The number of hydrogen-bond acceptors (Lipinski definition) is 5. The quantitative estimate of drug-likeness (QED) is 0.852. The van der Waals surface area contributed by atoms with Gasteiger partial charge >= 0.3 is 0 Å². The molecule has 0 unspecified atom stereocenters. The molecule has 16 heavy (non-hydrogen) atoms. The van der Waals surface area contributed by atoms with Gasteiger partial charge in [-0.25, -0.2) is 4.98 Å². The number of amides is 1. The molecule has 1 aliphatic rings. The molecule has 6 heteroatoms. The van der Waals surface area contributed by atoms with Crippen molar-refractivity contribution in [3.8, 4) is 0 Å². The van der Waals surface area contributed by atoms with Crippen LogP contribution in [0.25, 0.3) is 0 Å². The molecular formula is C10H15N3O2S. The molecule has 1 aromatic rings. The van der Waals surface area contributed by atoms with E-state index in [0.29, 0.717) is 19.7 Å². The van der Waals surface area contributed by atoms with Crippen molar-refractivity contribution in [3.63, 3.8) is 0 Å². The van der Waals surface area contributed by atoms with E-state index in [-0.39, 0.29) is 12.5 Å². The van der Waals surface area contributed by atoms with Gasteiger partial charge in [0.2, 0.25) is 5.91 Å². The second kappa shape index (κ2) is 5.27. The molecule has 0 aliphatic carbocycles. The predicted molar refractivity (Wildman–Crippen MR) is 62.5 cm³/mol. The molecular weight excluding hydrogens is 226 g/mol. The minimum atomic E-state index is 0.0599. The van der Waals surface area contributed by atoms with Gasteiger partial charge in [-0.1, -0.05) is 0 Å². The summed E-state index contributed by atoms with van der Waals surface area (Å²) in [6.45, 7) is 5.05. The first-order chi connectivity index (χ1) is 7.79. The van der Waals surface area contributed by atoms with E-state index in [9.17, 15) is 4.79 Å². The van der Waals surface area contributed by atoms with E-state index in [4.69, 9.17) is 4.74 Å². The summed E-state index contributed by atoms with van der Waals surface area (Å²) >= 11 is 1.60. The molecule has 0 aromatic carbocycles. The Hall–Kier alpha value is -1.14. The van der Waals surface area contributed by atoms with Gasteiger partial charge in [-0.3, -0.25) is 4.79 Å². The Kier molecular flexibility index (Phi) is 3.74. The van der Waals surface area contributed by atoms with Crippen LogP contribution in [0.4, 0.5) is 5.13 Å². The molecule has 0 spiro atoms. The molecule has 1 aromatic heterocycles. The van der Waals surface area contributed by atoms with Crippen LogP contribution in [0.3, 0.4) is 0 Å². The molecule has 0 bridgehead atoms. The molecule has 1 aliphatic heterocycles. The highest BCUT2D eigenvalue weighted by Gasteiger charge is 2.19. The highest BCUT2D eigenvalue weighted by Crippen LogP contribution is 2.19. The fourth-order valence-electron chi connectivity index (χ4n) is 1.52. The summed E-state index contributed by atoms with van der Waals surface area (Å²) in [4.78, 5) is 18.7. The molecule has 2 heterocycles. The van der Waals surface area contributed by atoms with E-state index in [0.717, 1.165) is 16.6 Å². The molecule has 1 saturated heterocycles. The summed E-state index contributed by atoms with van der Waals surface area (Å²) in [5, 5.41) is 4.07. The summed E-state index contributed by atoms with van der Waals surface area (Å²) in [5.41, 5.74) is 0. The van der Waals surface area contributed by atoms with Gasteiger partial charge in [-0.05, 0) is 6.92 Å². The van der Waals surface area contributed by atoms with Crippen LogP contribution in [0.15, 0.2) is 6.20 Å². The lowest BCUT2D eigenvalue weighted by Crippen LogP contribution is -2.40. The van der Waals surface area contributed by atoms with Gasteiger partial charge < -0.3 is 15.0 Å². The number of carbonyl (C=O) groups is 1. The average molecular weight is 241 g/mol. The molecule has 0 atom stereocenters. The highest BCUT2D eigenvalue weighted by molar-refractivity contribution is 7.15. The fourth-order valence-corrected chi connectivity index (χ4v) is 2.42. The number of hydrogen-bond donors (Lipinski definition) is 1. The Balaban J connectivity index is 1.94. The predicted octanol–water partition coefficient (Wildman–Crippen LogP) is 0.934. The topological polar surface area (TPSA) is 54.5 Å². The van der Waals surface area contributed by atoms with E-state index >= 15 is 0 Å². The summed E-state index contributed by atoms with van der Waals surface area (Å²) in [6.07, 6.45) is 1.82. The smallest absolute Gasteiger partial charge is 0.248 e. The van der Waals surface area contributed by atoms with Gasteiger partial charge in [0.1, 0.15) is 6.61 Å². The maximum Gasteiger partial charge on any atom is 0.248 e. The number of ether oxygens (including phenoxy) is 1. The standard InChI is InChI=1S/C10H15N3O2S/c1-2-11-10-12-5-8(16-10)6-13-3-4-15-7-9(13)14/h5H,2-4,6-7H2,1H3,(H,11,12). The summed E-state index contributed by atoms with van der Waals surface area (Å²) in [5.74, 6) is 0.0599. The van der Waals surface area contributed by atoms with Crippen LogP contribution in [-0.4, -0.2) is 42.1 Å². The Morgan fingerprint density at radius 3 is 3.31 bits per heavy atom. The number of thiazole rings is 1. The van der Waals surface area contributed by atoms with E-state index in [1.807, 2.05) is 18.0 Å². The van der Waals surface area contributed by atoms with Crippen molar-refractivity contribution in [1.82, 2.24) is 9.88 Å². The SMILES string of the molecule is CCNc1ncc(CN2CCOCC2=O)s1. The number of morpholine rings is 1. The number of rotatable bonds is 4. The fraction of sp³-hybridized carbons (Fsp3) is 0.600. The van der Waals surface area contributed by atoms with Crippen LogP contribution in [0, 0.1) is 0 Å². The zero-order chi connectivity index (χ0) is 11.4. The van der Waals surface area contributed by atoms with Crippen molar-refractivity contribution in [2.24, 2.45) is 0 Å². The Bertz CT molecular complexity index is 367. The second-order valence-electron chi connectivity index (χ2n) is 3.53. The Morgan fingerprint density at radius 2 is 2.56 bits per heavy atom. The van der Waals surface area contributed by atoms with Crippen LogP contribution >= 0.6 is 11.3 Å². The van der Waals surface area contributed by atoms with Gasteiger partial charge in [-0.2, -0.15) is 0 Å². The lowest BCUT2D eigenvalue weighted by molar-refractivity contribution is -0.143. The molecule has 5 nitrogen and oxygen atoms in total. The molecule has 1 N–H and O–H groups in total. The van der Waals surface area contributed by atoms with Crippen molar-refractivity contribution in [2.45, 2.75) is 13.5 Å². The normalized spacial score (nSPS) is 16.6. The number of nitrogens with zero attached hydrogens (tertiary/aromatic N) is 2. The van der Waals surface area contributed by atoms with Crippen LogP contribution in [0.5, 0.6) is 0 Å². The largest absolute Gasteiger partial charge is 0.370 e. The number of nitrogens with one attached hydrogen (secondary N) is 1. The monoisotopic (exact) mass is 241 g/mol. The van der Waals surface area contributed by atoms with E-state index < -0.39 is 0 Å². The lowest BCUT2D eigenvalue weighted by Gasteiger charge is -2.25. The summed E-state index contributed by atoms with van der Waals surface area (Å²) < 4.78 is 5.08. The van der Waals surface area contributed by atoms with Crippen LogP contribution in [0.2, 0.25) is 0 Å². The number of anilines is 1. The zero-order valence-corrected chi connectivity index (χ0v) is 10.0. The van der Waals surface area contributed by atoms with Crippen LogP contribution in [-0.2, 0) is 16.1 Å². The van der Waals surface area contributed by atoms with Gasteiger partial charge in [0, 0.05) is 24.2 Å². The zero-order valence-electron chi connectivity index (χ0n) is 9.23. The van der Waals surface area contributed by atoms with Gasteiger partial charge in [0.15, 0.2) is 5.13 Å². The van der Waals surface area contributed by atoms with E-state index in [2.05, 4.69) is 10.3 Å². The molecule has 88 valence electrons. The first-order valence-electron chi connectivity index (χ1n) is 5.33. The molecule has 0 saturated carbocycles. The Labute approximate surface area is 98.4 Å². The van der Waals surface area contributed by atoms with Crippen LogP contribution in [0.1, 0.15) is 11.8 Å². The van der Waals surface area contributed by atoms with E-state index in [1.54, 1.807) is 11.3 Å². The molecule has 2 rings (SSSR count). The first kappa shape index (κ1) is 11.3. The van der Waals surface area contributed by atoms with Crippen molar-refractivity contribution < 1.29 is 9.53 Å². The Morgan fingerprint density at radius 1 is 1.69 bits per heavy atom. The third-order valence-electron chi connectivity index (χ3n) is 2.31. The van der Waals surface area contributed by atoms with Crippen molar-refractivity contribution in [2.75, 3.05) is 31.6 Å². The number of aromatic nitrogens is 1. The van der Waals surface area contributed by atoms with Crippen molar-refractivity contribution in [3.05, 3.63) is 11.1 Å². The van der Waals surface area contributed by atoms with Crippen LogP contribution < -0.4 is 5.32 Å². The summed E-state index contributed by atoms with van der Waals surface area (Å²) in [6, 6.07) is 0. The molecule has 0 radical (unpaired) electrons. The van der Waals surface area contributed by atoms with Gasteiger partial charge in [0.25, 0.3) is 0 Å². The van der Waals surface area contributed by atoms with Gasteiger partial charge in [0.05, 0.1) is 13.2 Å². The first-order valence-corrected chi connectivity index (χ1v) is 6.15. The lowest BCUT2D eigenvalue weighted by atomic mass is 10.4. The number of carbonyl (C=O) groups excluding carboxylic acids is 1. The minimum Gasteiger partial charge on any atom is -0.370 e.